The second kappa shape index (κ2) is 11.1. The van der Waals surface area contributed by atoms with Crippen LogP contribution in [0.5, 0.6) is 11.5 Å². The second-order valence-corrected chi connectivity index (χ2v) is 6.24. The largest absolute Gasteiger partial charge is 0.497 e. The average molecular weight is 425 g/mol. The van der Waals surface area contributed by atoms with Crippen LogP contribution in [0.15, 0.2) is 41.5 Å². The van der Waals surface area contributed by atoms with Crippen molar-refractivity contribution in [2.75, 3.05) is 39.7 Å². The van der Waals surface area contributed by atoms with Gasteiger partial charge in [-0.2, -0.15) is 13.2 Å². The number of aromatic nitrogens is 1. The molecule has 2 aromatic rings. The number of nitrogens with zero attached hydrogens (tertiary/aromatic N) is 2. The molecule has 30 heavy (non-hydrogen) atoms. The van der Waals surface area contributed by atoms with Crippen molar-refractivity contribution < 1.29 is 22.6 Å². The number of hydrogen-bond donors (Lipinski definition) is 3. The summed E-state index contributed by atoms with van der Waals surface area (Å²) < 4.78 is 48.2. The topological polar surface area (TPSA) is 79.8 Å². The van der Waals surface area contributed by atoms with Gasteiger partial charge in [-0.05, 0) is 30.7 Å². The number of methoxy groups -OCH3 is 2. The van der Waals surface area contributed by atoms with Crippen LogP contribution >= 0.6 is 0 Å². The highest BCUT2D eigenvalue weighted by molar-refractivity contribution is 5.79. The third kappa shape index (κ3) is 7.02. The van der Waals surface area contributed by atoms with Crippen LogP contribution in [-0.4, -0.2) is 45.3 Å². The zero-order valence-corrected chi connectivity index (χ0v) is 17.1. The molecule has 0 aliphatic rings. The van der Waals surface area contributed by atoms with Crippen molar-refractivity contribution in [1.82, 2.24) is 15.6 Å². The first kappa shape index (κ1) is 23.1. The van der Waals surface area contributed by atoms with E-state index in [0.29, 0.717) is 42.9 Å². The fourth-order valence-electron chi connectivity index (χ4n) is 2.58. The molecule has 0 bridgehead atoms. The smallest absolute Gasteiger partial charge is 0.417 e. The lowest BCUT2D eigenvalue weighted by molar-refractivity contribution is -0.137. The monoisotopic (exact) mass is 425 g/mol. The quantitative estimate of drug-likeness (QED) is 0.325. The molecule has 0 fully saturated rings. The van der Waals surface area contributed by atoms with E-state index in [1.54, 1.807) is 21.3 Å². The van der Waals surface area contributed by atoms with E-state index in [4.69, 9.17) is 9.47 Å². The summed E-state index contributed by atoms with van der Waals surface area (Å²) in [7, 11) is 4.87. The summed E-state index contributed by atoms with van der Waals surface area (Å²) in [6.45, 7) is 1.68. The molecule has 164 valence electrons. The lowest BCUT2D eigenvalue weighted by Gasteiger charge is -2.14. The first-order chi connectivity index (χ1) is 14.4. The Hall–Kier alpha value is -3.17. The summed E-state index contributed by atoms with van der Waals surface area (Å²) in [5, 5.41) is 9.38. The Kier molecular flexibility index (Phi) is 8.57. The van der Waals surface area contributed by atoms with E-state index in [1.165, 1.54) is 6.07 Å². The van der Waals surface area contributed by atoms with Crippen LogP contribution in [0.3, 0.4) is 0 Å². The van der Waals surface area contributed by atoms with Gasteiger partial charge >= 0.3 is 6.18 Å². The van der Waals surface area contributed by atoms with Gasteiger partial charge in [0.1, 0.15) is 17.3 Å². The van der Waals surface area contributed by atoms with Crippen LogP contribution in [0.4, 0.5) is 19.0 Å². The Morgan fingerprint density at radius 2 is 1.87 bits per heavy atom. The maximum Gasteiger partial charge on any atom is 0.417 e. The predicted octanol–water partition coefficient (Wildman–Crippen LogP) is 3.28. The minimum absolute atomic E-state index is 0.400. The fraction of sp³-hybridized carbons (Fsp3) is 0.400. The lowest BCUT2D eigenvalue weighted by Crippen LogP contribution is -2.37. The van der Waals surface area contributed by atoms with Gasteiger partial charge in [0.15, 0.2) is 5.96 Å². The number of guanidine groups is 1. The maximum atomic E-state index is 12.5. The van der Waals surface area contributed by atoms with Crippen LogP contribution in [-0.2, 0) is 12.7 Å². The molecule has 1 heterocycles. The van der Waals surface area contributed by atoms with Crippen LogP contribution in [0.2, 0.25) is 0 Å². The van der Waals surface area contributed by atoms with E-state index >= 15 is 0 Å². The number of pyridine rings is 1. The molecular weight excluding hydrogens is 399 g/mol. The van der Waals surface area contributed by atoms with Gasteiger partial charge in [-0.25, -0.2) is 4.98 Å². The van der Waals surface area contributed by atoms with E-state index in [0.717, 1.165) is 24.2 Å². The van der Waals surface area contributed by atoms with Crippen LogP contribution in [0.25, 0.3) is 0 Å². The average Bonchev–Trinajstić information content (AvgIpc) is 2.75. The van der Waals surface area contributed by atoms with Crippen molar-refractivity contribution in [2.45, 2.75) is 19.1 Å². The minimum Gasteiger partial charge on any atom is -0.497 e. The minimum atomic E-state index is -4.38. The fourth-order valence-corrected chi connectivity index (χ4v) is 2.58. The number of ether oxygens (including phenoxy) is 2. The number of rotatable bonds is 9. The number of benzene rings is 1. The summed E-state index contributed by atoms with van der Waals surface area (Å²) in [4.78, 5) is 7.95. The molecule has 7 nitrogen and oxygen atoms in total. The van der Waals surface area contributed by atoms with Gasteiger partial charge in [0.25, 0.3) is 0 Å². The predicted molar refractivity (Wildman–Crippen MR) is 110 cm³/mol. The van der Waals surface area contributed by atoms with E-state index in [1.807, 2.05) is 18.2 Å². The molecule has 0 saturated carbocycles. The van der Waals surface area contributed by atoms with Gasteiger partial charge in [0, 0.05) is 44.5 Å². The normalized spacial score (nSPS) is 11.7. The van der Waals surface area contributed by atoms with Crippen molar-refractivity contribution in [1.29, 1.82) is 0 Å². The van der Waals surface area contributed by atoms with E-state index in [9.17, 15) is 13.2 Å². The first-order valence-electron chi connectivity index (χ1n) is 9.30. The molecule has 0 unspecified atom stereocenters. The Morgan fingerprint density at radius 1 is 1.07 bits per heavy atom. The van der Waals surface area contributed by atoms with Crippen molar-refractivity contribution >= 4 is 11.8 Å². The van der Waals surface area contributed by atoms with Crippen LogP contribution in [0, 0.1) is 0 Å². The SMILES string of the molecule is CN=C(NCCCNc1ccc(C(F)(F)F)cn1)NCc1ccc(OC)cc1OC. The Balaban J connectivity index is 1.72. The zero-order chi connectivity index (χ0) is 22.0. The summed E-state index contributed by atoms with van der Waals surface area (Å²) in [6.07, 6.45) is -2.84. The molecular formula is C20H26F3N5O2. The number of alkyl halides is 3. The van der Waals surface area contributed by atoms with Gasteiger partial charge < -0.3 is 25.4 Å². The third-order valence-corrected chi connectivity index (χ3v) is 4.21. The molecule has 0 aliphatic carbocycles. The molecule has 2 rings (SSSR count). The van der Waals surface area contributed by atoms with Gasteiger partial charge in [-0.15, -0.1) is 0 Å². The Labute approximate surface area is 173 Å². The van der Waals surface area contributed by atoms with Crippen LogP contribution in [0.1, 0.15) is 17.5 Å². The molecule has 0 spiro atoms. The molecule has 3 N–H and O–H groups in total. The molecule has 10 heteroatoms. The van der Waals surface area contributed by atoms with Gasteiger partial charge in [-0.1, -0.05) is 0 Å². The Morgan fingerprint density at radius 3 is 2.47 bits per heavy atom. The highest BCUT2D eigenvalue weighted by atomic mass is 19.4. The van der Waals surface area contributed by atoms with E-state index in [-0.39, 0.29) is 0 Å². The number of aliphatic imine (C=N–C) groups is 1. The highest BCUT2D eigenvalue weighted by Crippen LogP contribution is 2.28. The molecule has 1 aromatic carbocycles. The molecule has 0 aliphatic heterocycles. The van der Waals surface area contributed by atoms with Crippen molar-refractivity contribution in [2.24, 2.45) is 4.99 Å². The maximum absolute atomic E-state index is 12.5. The number of halogens is 3. The van der Waals surface area contributed by atoms with Crippen molar-refractivity contribution in [3.63, 3.8) is 0 Å². The third-order valence-electron chi connectivity index (χ3n) is 4.21. The standard InChI is InChI=1S/C20H26F3N5O2/c1-24-19(28-12-14-5-7-16(29-2)11-17(14)30-3)26-10-4-9-25-18-8-6-15(13-27-18)20(21,22)23/h5-8,11,13H,4,9-10,12H2,1-3H3,(H,25,27)(H2,24,26,28). The van der Waals surface area contributed by atoms with Gasteiger partial charge in [0.2, 0.25) is 0 Å². The van der Waals surface area contributed by atoms with E-state index in [2.05, 4.69) is 25.9 Å². The van der Waals surface area contributed by atoms with Crippen molar-refractivity contribution in [3.05, 3.63) is 47.7 Å². The first-order valence-corrected chi connectivity index (χ1v) is 9.30. The van der Waals surface area contributed by atoms with Crippen molar-refractivity contribution in [3.8, 4) is 11.5 Å². The molecule has 0 amide bonds. The summed E-state index contributed by atoms with van der Waals surface area (Å²) in [5.74, 6) is 2.45. The molecule has 0 saturated heterocycles. The highest BCUT2D eigenvalue weighted by Gasteiger charge is 2.30. The number of anilines is 1. The summed E-state index contributed by atoms with van der Waals surface area (Å²) >= 11 is 0. The number of nitrogens with one attached hydrogen (secondary N) is 3. The Bertz CT molecular complexity index is 826. The van der Waals surface area contributed by atoms with E-state index < -0.39 is 11.7 Å². The van der Waals surface area contributed by atoms with Gasteiger partial charge in [-0.3, -0.25) is 4.99 Å². The summed E-state index contributed by atoms with van der Waals surface area (Å²) in [6, 6.07) is 7.91. The lowest BCUT2D eigenvalue weighted by atomic mass is 10.2. The van der Waals surface area contributed by atoms with Gasteiger partial charge in [0.05, 0.1) is 19.8 Å². The molecule has 0 radical (unpaired) electrons. The van der Waals surface area contributed by atoms with Crippen LogP contribution < -0.4 is 25.4 Å². The second-order valence-electron chi connectivity index (χ2n) is 6.24. The summed E-state index contributed by atoms with van der Waals surface area (Å²) in [5.41, 5.74) is 0.189. The number of hydrogen-bond acceptors (Lipinski definition) is 5. The molecule has 1 aromatic heterocycles. The molecule has 0 atom stereocenters. The zero-order valence-electron chi connectivity index (χ0n) is 17.1.